The molecule has 0 heterocycles. The van der Waals surface area contributed by atoms with Crippen molar-refractivity contribution >= 4 is 43.6 Å². The molecule has 0 aliphatic heterocycles. The number of nitrogens with zero attached hydrogens (tertiary/aromatic N) is 1. The minimum Gasteiger partial charge on any atom is -0.409 e. The molecule has 0 fully saturated rings. The zero-order valence-electron chi connectivity index (χ0n) is 9.65. The maximum Gasteiger partial charge on any atom is 0.253 e. The van der Waals surface area contributed by atoms with Crippen molar-refractivity contribution in [1.29, 1.82) is 0 Å². The normalized spacial score (nSPS) is 13.2. The molecule has 0 bridgehead atoms. The zero-order chi connectivity index (χ0) is 13.7. The fraction of sp³-hybridized carbons (Fsp3) is 0.273. The summed E-state index contributed by atoms with van der Waals surface area (Å²) in [6.45, 7) is 1.83. The van der Waals surface area contributed by atoms with Crippen LogP contribution in [0.15, 0.2) is 32.3 Å². The van der Waals surface area contributed by atoms with Crippen molar-refractivity contribution in [2.75, 3.05) is 0 Å². The average Bonchev–Trinajstić information content (AvgIpc) is 2.37. The van der Waals surface area contributed by atoms with Crippen molar-refractivity contribution in [1.82, 2.24) is 5.32 Å². The van der Waals surface area contributed by atoms with Gasteiger partial charge in [-0.15, -0.1) is 0 Å². The van der Waals surface area contributed by atoms with Gasteiger partial charge in [0.1, 0.15) is 0 Å². The van der Waals surface area contributed by atoms with Crippen molar-refractivity contribution in [3.8, 4) is 0 Å². The highest BCUT2D eigenvalue weighted by molar-refractivity contribution is 9.11. The van der Waals surface area contributed by atoms with E-state index in [1.54, 1.807) is 12.1 Å². The topological polar surface area (TPSA) is 87.7 Å². The lowest BCUT2D eigenvalue weighted by Crippen LogP contribution is -2.44. The molecule has 4 N–H and O–H groups in total. The van der Waals surface area contributed by atoms with E-state index in [1.807, 2.05) is 13.0 Å². The van der Waals surface area contributed by atoms with E-state index < -0.39 is 6.04 Å². The Morgan fingerprint density at radius 2 is 2.22 bits per heavy atom. The summed E-state index contributed by atoms with van der Waals surface area (Å²) >= 11 is 6.61. The van der Waals surface area contributed by atoms with E-state index in [2.05, 4.69) is 42.3 Å². The third-order valence-corrected chi connectivity index (χ3v) is 3.54. The molecule has 1 atom stereocenters. The Hall–Kier alpha value is -1.08. The van der Waals surface area contributed by atoms with Crippen LogP contribution in [0.2, 0.25) is 0 Å². The third kappa shape index (κ3) is 3.71. The van der Waals surface area contributed by atoms with E-state index in [1.165, 1.54) is 0 Å². The predicted octanol–water partition coefficient (Wildman–Crippen LogP) is 2.47. The van der Waals surface area contributed by atoms with Gasteiger partial charge >= 0.3 is 0 Å². The number of amides is 1. The Morgan fingerprint density at radius 3 is 2.78 bits per heavy atom. The lowest BCUT2D eigenvalue weighted by molar-refractivity contribution is 0.0944. The lowest BCUT2D eigenvalue weighted by atomic mass is 10.1. The molecule has 0 aliphatic rings. The second kappa shape index (κ2) is 6.75. The number of amidine groups is 1. The quantitative estimate of drug-likeness (QED) is 0.325. The average molecular weight is 379 g/mol. The lowest BCUT2D eigenvalue weighted by Gasteiger charge is -2.16. The molecular weight excluding hydrogens is 366 g/mol. The molecule has 0 radical (unpaired) electrons. The number of nitrogens with two attached hydrogens (primary N) is 1. The fourth-order valence-electron chi connectivity index (χ4n) is 1.36. The van der Waals surface area contributed by atoms with Crippen LogP contribution in [0.4, 0.5) is 0 Å². The summed E-state index contributed by atoms with van der Waals surface area (Å²) in [4.78, 5) is 12.1. The first-order valence-electron chi connectivity index (χ1n) is 5.23. The summed E-state index contributed by atoms with van der Waals surface area (Å²) < 4.78 is 1.48. The number of benzene rings is 1. The Labute approximate surface area is 122 Å². The molecule has 1 unspecified atom stereocenters. The molecular formula is C11H13Br2N3O2. The first kappa shape index (κ1) is 15.0. The Balaban J connectivity index is 2.91. The molecule has 98 valence electrons. The van der Waals surface area contributed by atoms with Crippen LogP contribution in [-0.4, -0.2) is 23.0 Å². The van der Waals surface area contributed by atoms with Gasteiger partial charge in [-0.25, -0.2) is 0 Å². The van der Waals surface area contributed by atoms with Crippen molar-refractivity contribution in [2.24, 2.45) is 10.9 Å². The summed E-state index contributed by atoms with van der Waals surface area (Å²) in [5, 5.41) is 14.2. The first-order valence-corrected chi connectivity index (χ1v) is 6.81. The molecule has 7 heteroatoms. The number of carbonyl (C=O) groups is 1. The van der Waals surface area contributed by atoms with Gasteiger partial charge in [-0.2, -0.15) is 0 Å². The van der Waals surface area contributed by atoms with Crippen molar-refractivity contribution in [2.45, 2.75) is 19.4 Å². The number of hydrogen-bond acceptors (Lipinski definition) is 3. The summed E-state index contributed by atoms with van der Waals surface area (Å²) in [5.41, 5.74) is 5.97. The maximum absolute atomic E-state index is 12.1. The second-order valence-corrected chi connectivity index (χ2v) is 5.35. The SMILES string of the molecule is CCC(NC(=O)c1cc(Br)ccc1Br)/C(N)=N/O. The third-order valence-electron chi connectivity index (χ3n) is 2.36. The summed E-state index contributed by atoms with van der Waals surface area (Å²) in [6.07, 6.45) is 0.535. The number of carbonyl (C=O) groups excluding carboxylic acids is 1. The van der Waals surface area contributed by atoms with Crippen molar-refractivity contribution in [3.63, 3.8) is 0 Å². The standard InChI is InChI=1S/C11H13Br2N3O2/c1-2-9(10(14)16-18)15-11(17)7-5-6(12)3-4-8(7)13/h3-5,9,18H,2H2,1H3,(H2,14,16)(H,15,17). The maximum atomic E-state index is 12.1. The number of rotatable bonds is 4. The Bertz CT molecular complexity index is 477. The van der Waals surface area contributed by atoms with Crippen molar-refractivity contribution in [3.05, 3.63) is 32.7 Å². The molecule has 1 aromatic carbocycles. The van der Waals surface area contributed by atoms with Crippen LogP contribution in [0.1, 0.15) is 23.7 Å². The monoisotopic (exact) mass is 377 g/mol. The van der Waals surface area contributed by atoms with E-state index in [0.717, 1.165) is 4.47 Å². The van der Waals surface area contributed by atoms with E-state index in [9.17, 15) is 4.79 Å². The smallest absolute Gasteiger partial charge is 0.253 e. The molecule has 0 spiro atoms. The molecule has 1 amide bonds. The van der Waals surface area contributed by atoms with Gasteiger partial charge in [0.2, 0.25) is 0 Å². The van der Waals surface area contributed by atoms with E-state index in [0.29, 0.717) is 16.5 Å². The molecule has 0 aliphatic carbocycles. The van der Waals surface area contributed by atoms with Gasteiger partial charge in [0.05, 0.1) is 11.6 Å². The number of oxime groups is 1. The molecule has 0 aromatic heterocycles. The van der Waals surface area contributed by atoms with Crippen LogP contribution in [0.3, 0.4) is 0 Å². The summed E-state index contributed by atoms with van der Waals surface area (Å²) in [7, 11) is 0. The van der Waals surface area contributed by atoms with E-state index in [4.69, 9.17) is 10.9 Å². The highest BCUT2D eigenvalue weighted by Crippen LogP contribution is 2.21. The van der Waals surface area contributed by atoms with Gasteiger partial charge in [0, 0.05) is 8.95 Å². The van der Waals surface area contributed by atoms with Crippen LogP contribution in [0.25, 0.3) is 0 Å². The number of hydrogen-bond donors (Lipinski definition) is 3. The molecule has 1 rings (SSSR count). The highest BCUT2D eigenvalue weighted by Gasteiger charge is 2.17. The van der Waals surface area contributed by atoms with Gasteiger partial charge in [0.25, 0.3) is 5.91 Å². The van der Waals surface area contributed by atoms with Gasteiger partial charge in [-0.3, -0.25) is 4.79 Å². The number of nitrogens with one attached hydrogen (secondary N) is 1. The first-order chi connectivity index (χ1) is 8.49. The van der Waals surface area contributed by atoms with Crippen LogP contribution in [0.5, 0.6) is 0 Å². The molecule has 5 nitrogen and oxygen atoms in total. The molecule has 0 saturated carbocycles. The van der Waals surface area contributed by atoms with Crippen molar-refractivity contribution < 1.29 is 10.0 Å². The molecule has 0 saturated heterocycles. The Kier molecular flexibility index (Phi) is 5.61. The minimum absolute atomic E-state index is 0.0167. The zero-order valence-corrected chi connectivity index (χ0v) is 12.8. The van der Waals surface area contributed by atoms with Crippen LogP contribution >= 0.6 is 31.9 Å². The van der Waals surface area contributed by atoms with E-state index in [-0.39, 0.29) is 11.7 Å². The van der Waals surface area contributed by atoms with Gasteiger partial charge in [-0.1, -0.05) is 28.0 Å². The van der Waals surface area contributed by atoms with E-state index >= 15 is 0 Å². The summed E-state index contributed by atoms with van der Waals surface area (Å²) in [6, 6.07) is 4.79. The van der Waals surface area contributed by atoms with Gasteiger partial charge in [0.15, 0.2) is 5.84 Å². The second-order valence-electron chi connectivity index (χ2n) is 3.58. The van der Waals surface area contributed by atoms with Gasteiger partial charge < -0.3 is 16.3 Å². The van der Waals surface area contributed by atoms with Crippen LogP contribution in [0, 0.1) is 0 Å². The minimum atomic E-state index is -0.492. The summed E-state index contributed by atoms with van der Waals surface area (Å²) in [5.74, 6) is -0.307. The fourth-order valence-corrected chi connectivity index (χ4v) is 2.15. The number of halogens is 2. The van der Waals surface area contributed by atoms with Crippen LogP contribution in [-0.2, 0) is 0 Å². The van der Waals surface area contributed by atoms with Crippen LogP contribution < -0.4 is 11.1 Å². The predicted molar refractivity (Wildman–Crippen MR) is 76.8 cm³/mol. The van der Waals surface area contributed by atoms with Gasteiger partial charge in [-0.05, 0) is 40.5 Å². The largest absolute Gasteiger partial charge is 0.409 e. The molecule has 18 heavy (non-hydrogen) atoms. The highest BCUT2D eigenvalue weighted by atomic mass is 79.9. The Morgan fingerprint density at radius 1 is 1.56 bits per heavy atom. The molecule has 1 aromatic rings.